The van der Waals surface area contributed by atoms with Crippen LogP contribution in [0.25, 0.3) is 0 Å². The lowest BCUT2D eigenvalue weighted by molar-refractivity contribution is 0.470. The number of nitrogens with zero attached hydrogens (tertiary/aromatic N) is 3. The number of aryl methyl sites for hydroxylation is 1. The second-order valence-electron chi connectivity index (χ2n) is 5.59. The van der Waals surface area contributed by atoms with Crippen molar-refractivity contribution >= 4 is 0 Å². The summed E-state index contributed by atoms with van der Waals surface area (Å²) in [5.41, 5.74) is 2.65. The fourth-order valence-corrected chi connectivity index (χ4v) is 2.36. The van der Waals surface area contributed by atoms with Crippen LogP contribution in [0.4, 0.5) is 0 Å². The molecule has 2 aromatic rings. The number of likely N-dealkylation sites (N-methyl/N-ethyl adjacent to an activating group) is 1. The van der Waals surface area contributed by atoms with Gasteiger partial charge in [-0.15, -0.1) is 0 Å². The number of hydrogen-bond donors (Lipinski definition) is 1. The fraction of sp³-hybridized carbons (Fsp3) is 0.500. The molecule has 4 nitrogen and oxygen atoms in total. The molecule has 1 aromatic carbocycles. The molecule has 0 radical (unpaired) electrons. The largest absolute Gasteiger partial charge is 0.316 e. The molecule has 1 unspecified atom stereocenters. The van der Waals surface area contributed by atoms with Gasteiger partial charge < -0.3 is 5.32 Å². The number of hydrogen-bond acceptors (Lipinski definition) is 3. The Hall–Kier alpha value is -1.68. The van der Waals surface area contributed by atoms with Crippen LogP contribution in [0.2, 0.25) is 0 Å². The van der Waals surface area contributed by atoms with E-state index in [9.17, 15) is 0 Å². The van der Waals surface area contributed by atoms with Gasteiger partial charge in [-0.25, -0.2) is 9.67 Å². The minimum absolute atomic E-state index is 0.351. The highest BCUT2D eigenvalue weighted by Crippen LogP contribution is 2.11. The van der Waals surface area contributed by atoms with Gasteiger partial charge in [0.05, 0.1) is 0 Å². The fourth-order valence-electron chi connectivity index (χ4n) is 2.36. The van der Waals surface area contributed by atoms with E-state index in [0.717, 1.165) is 18.7 Å². The standard InChI is InChI=1S/C16H24N4/c1-12(2)20-16(18-11-19-20)10-15(17-4)9-14-7-5-13(3)6-8-14/h5-8,11-12,15,17H,9-10H2,1-4H3. The SMILES string of the molecule is CNC(Cc1ccc(C)cc1)Cc1ncnn1C(C)C. The molecule has 0 spiro atoms. The minimum atomic E-state index is 0.351. The van der Waals surface area contributed by atoms with Gasteiger partial charge in [-0.3, -0.25) is 0 Å². The first-order chi connectivity index (χ1) is 9.60. The maximum absolute atomic E-state index is 4.39. The highest BCUT2D eigenvalue weighted by atomic mass is 15.3. The summed E-state index contributed by atoms with van der Waals surface area (Å²) in [6.07, 6.45) is 3.54. The van der Waals surface area contributed by atoms with E-state index in [1.807, 2.05) is 11.7 Å². The second-order valence-corrected chi connectivity index (χ2v) is 5.59. The van der Waals surface area contributed by atoms with Crippen LogP contribution in [0, 0.1) is 6.92 Å². The molecule has 0 bridgehead atoms. The number of benzene rings is 1. The van der Waals surface area contributed by atoms with E-state index in [1.165, 1.54) is 11.1 Å². The molecule has 0 aliphatic heterocycles. The van der Waals surface area contributed by atoms with E-state index < -0.39 is 0 Å². The zero-order chi connectivity index (χ0) is 14.5. The number of aromatic nitrogens is 3. The van der Waals surface area contributed by atoms with Crippen molar-refractivity contribution in [2.45, 2.75) is 45.7 Å². The van der Waals surface area contributed by atoms with Crippen molar-refractivity contribution in [3.63, 3.8) is 0 Å². The Morgan fingerprint density at radius 2 is 1.85 bits per heavy atom. The quantitative estimate of drug-likeness (QED) is 0.878. The molecule has 0 saturated carbocycles. The van der Waals surface area contributed by atoms with E-state index in [4.69, 9.17) is 0 Å². The Bertz CT molecular complexity index is 528. The van der Waals surface area contributed by atoms with E-state index in [1.54, 1.807) is 6.33 Å². The predicted molar refractivity (Wildman–Crippen MR) is 81.8 cm³/mol. The summed E-state index contributed by atoms with van der Waals surface area (Å²) in [4.78, 5) is 4.39. The van der Waals surface area contributed by atoms with Gasteiger partial charge in [0.1, 0.15) is 12.2 Å². The Morgan fingerprint density at radius 1 is 1.15 bits per heavy atom. The molecule has 0 fully saturated rings. The van der Waals surface area contributed by atoms with Crippen LogP contribution in [0.1, 0.15) is 36.8 Å². The van der Waals surface area contributed by atoms with Crippen molar-refractivity contribution in [3.8, 4) is 0 Å². The molecule has 0 aliphatic rings. The van der Waals surface area contributed by atoms with E-state index in [2.05, 4.69) is 60.4 Å². The second kappa shape index (κ2) is 6.66. The maximum atomic E-state index is 4.39. The summed E-state index contributed by atoms with van der Waals surface area (Å²) in [5, 5.41) is 7.69. The van der Waals surface area contributed by atoms with Crippen molar-refractivity contribution in [2.24, 2.45) is 0 Å². The van der Waals surface area contributed by atoms with Crippen molar-refractivity contribution in [3.05, 3.63) is 47.5 Å². The molecular weight excluding hydrogens is 248 g/mol. The molecule has 0 amide bonds. The molecule has 1 N–H and O–H groups in total. The third-order valence-electron chi connectivity index (χ3n) is 3.58. The molecule has 1 heterocycles. The van der Waals surface area contributed by atoms with Crippen LogP contribution >= 0.6 is 0 Å². The van der Waals surface area contributed by atoms with E-state index >= 15 is 0 Å². The molecular formula is C16H24N4. The number of rotatable bonds is 6. The monoisotopic (exact) mass is 272 g/mol. The lowest BCUT2D eigenvalue weighted by atomic mass is 10.0. The van der Waals surface area contributed by atoms with Gasteiger partial charge in [-0.1, -0.05) is 29.8 Å². The molecule has 4 heteroatoms. The van der Waals surface area contributed by atoms with Gasteiger partial charge in [0.2, 0.25) is 0 Å². The Morgan fingerprint density at radius 3 is 2.45 bits per heavy atom. The zero-order valence-corrected chi connectivity index (χ0v) is 12.8. The third-order valence-corrected chi connectivity index (χ3v) is 3.58. The highest BCUT2D eigenvalue weighted by Gasteiger charge is 2.14. The van der Waals surface area contributed by atoms with Crippen molar-refractivity contribution in [1.29, 1.82) is 0 Å². The molecule has 0 aliphatic carbocycles. The topological polar surface area (TPSA) is 42.7 Å². The Labute approximate surface area is 121 Å². The van der Waals surface area contributed by atoms with E-state index in [0.29, 0.717) is 12.1 Å². The van der Waals surface area contributed by atoms with Crippen LogP contribution in [0.3, 0.4) is 0 Å². The average Bonchev–Trinajstić information content (AvgIpc) is 2.88. The summed E-state index contributed by atoms with van der Waals surface area (Å²) in [6, 6.07) is 9.46. The lowest BCUT2D eigenvalue weighted by Gasteiger charge is -2.17. The normalized spacial score (nSPS) is 12.8. The van der Waals surface area contributed by atoms with Crippen LogP contribution in [0.15, 0.2) is 30.6 Å². The highest BCUT2D eigenvalue weighted by molar-refractivity contribution is 5.22. The van der Waals surface area contributed by atoms with Crippen molar-refractivity contribution in [1.82, 2.24) is 20.1 Å². The Balaban J connectivity index is 2.05. The van der Waals surface area contributed by atoms with Crippen molar-refractivity contribution in [2.75, 3.05) is 7.05 Å². The third kappa shape index (κ3) is 3.67. The molecule has 1 atom stereocenters. The zero-order valence-electron chi connectivity index (χ0n) is 12.8. The minimum Gasteiger partial charge on any atom is -0.316 e. The summed E-state index contributed by atoms with van der Waals surface area (Å²) in [5.74, 6) is 1.05. The van der Waals surface area contributed by atoms with Gasteiger partial charge in [-0.05, 0) is 39.8 Å². The molecule has 0 saturated heterocycles. The van der Waals surface area contributed by atoms with Gasteiger partial charge in [-0.2, -0.15) is 5.10 Å². The average molecular weight is 272 g/mol. The van der Waals surface area contributed by atoms with Gasteiger partial charge in [0.25, 0.3) is 0 Å². The van der Waals surface area contributed by atoms with Crippen LogP contribution in [-0.2, 0) is 12.8 Å². The summed E-state index contributed by atoms with van der Waals surface area (Å²) >= 11 is 0. The summed E-state index contributed by atoms with van der Waals surface area (Å²) < 4.78 is 2.00. The smallest absolute Gasteiger partial charge is 0.138 e. The maximum Gasteiger partial charge on any atom is 0.138 e. The van der Waals surface area contributed by atoms with Gasteiger partial charge >= 0.3 is 0 Å². The van der Waals surface area contributed by atoms with Crippen molar-refractivity contribution < 1.29 is 0 Å². The predicted octanol–water partition coefficient (Wildman–Crippen LogP) is 2.54. The number of nitrogens with one attached hydrogen (secondary N) is 1. The first kappa shape index (κ1) is 14.7. The van der Waals surface area contributed by atoms with Crippen LogP contribution < -0.4 is 5.32 Å². The first-order valence-electron chi connectivity index (χ1n) is 7.21. The summed E-state index contributed by atoms with van der Waals surface area (Å²) in [7, 11) is 2.01. The molecule has 1 aromatic heterocycles. The lowest BCUT2D eigenvalue weighted by Crippen LogP contribution is -2.31. The van der Waals surface area contributed by atoms with E-state index in [-0.39, 0.29) is 0 Å². The van der Waals surface area contributed by atoms with Crippen LogP contribution in [0.5, 0.6) is 0 Å². The van der Waals surface area contributed by atoms with Gasteiger partial charge in [0, 0.05) is 18.5 Å². The molecule has 20 heavy (non-hydrogen) atoms. The molecule has 108 valence electrons. The first-order valence-corrected chi connectivity index (χ1v) is 7.21. The Kier molecular flexibility index (Phi) is 4.90. The molecule has 2 rings (SSSR count). The van der Waals surface area contributed by atoms with Gasteiger partial charge in [0.15, 0.2) is 0 Å². The van der Waals surface area contributed by atoms with Crippen LogP contribution in [-0.4, -0.2) is 27.9 Å². The summed E-state index contributed by atoms with van der Waals surface area (Å²) in [6.45, 7) is 6.38.